The van der Waals surface area contributed by atoms with Crippen LogP contribution in [0.25, 0.3) is 0 Å². The summed E-state index contributed by atoms with van der Waals surface area (Å²) in [4.78, 5) is 11.9. The van der Waals surface area contributed by atoms with E-state index in [4.69, 9.17) is 4.74 Å². The summed E-state index contributed by atoms with van der Waals surface area (Å²) in [6, 6.07) is 4.01. The average Bonchev–Trinajstić information content (AvgIpc) is 2.86. The van der Waals surface area contributed by atoms with E-state index in [2.05, 4.69) is 15.5 Å². The standard InChI is InChI=1S/C12H12FN3O2S/c1-3-10-15-16-12(19-10)14-11(17)7-4-5-9(18-2)8(13)6-7/h4-6H,3H2,1-2H3,(H,14,16,17). The van der Waals surface area contributed by atoms with E-state index < -0.39 is 11.7 Å². The van der Waals surface area contributed by atoms with Gasteiger partial charge in [0, 0.05) is 5.56 Å². The normalized spacial score (nSPS) is 10.3. The van der Waals surface area contributed by atoms with Crippen molar-refractivity contribution >= 4 is 22.4 Å². The number of ether oxygens (including phenoxy) is 1. The maximum absolute atomic E-state index is 13.5. The number of amides is 1. The Bertz CT molecular complexity index is 600. The number of carbonyl (C=O) groups excluding carboxylic acids is 1. The molecule has 1 heterocycles. The van der Waals surface area contributed by atoms with Crippen LogP contribution < -0.4 is 10.1 Å². The summed E-state index contributed by atoms with van der Waals surface area (Å²) in [6.45, 7) is 1.95. The van der Waals surface area contributed by atoms with Crippen molar-refractivity contribution < 1.29 is 13.9 Å². The number of carbonyl (C=O) groups is 1. The Kier molecular flexibility index (Phi) is 4.06. The summed E-state index contributed by atoms with van der Waals surface area (Å²) in [5, 5.41) is 11.5. The number of nitrogens with one attached hydrogen (secondary N) is 1. The highest BCUT2D eigenvalue weighted by Gasteiger charge is 2.12. The van der Waals surface area contributed by atoms with Crippen molar-refractivity contribution in [3.8, 4) is 5.75 Å². The van der Waals surface area contributed by atoms with Crippen LogP contribution in [0.15, 0.2) is 18.2 Å². The Morgan fingerprint density at radius 1 is 1.47 bits per heavy atom. The maximum atomic E-state index is 13.5. The number of halogens is 1. The minimum absolute atomic E-state index is 0.0979. The zero-order valence-corrected chi connectivity index (χ0v) is 11.3. The minimum Gasteiger partial charge on any atom is -0.494 e. The van der Waals surface area contributed by atoms with Crippen molar-refractivity contribution in [1.29, 1.82) is 0 Å². The van der Waals surface area contributed by atoms with Crippen LogP contribution in [0.4, 0.5) is 9.52 Å². The summed E-state index contributed by atoms with van der Waals surface area (Å²) in [5.74, 6) is -0.914. The molecule has 0 radical (unpaired) electrons. The fraction of sp³-hybridized carbons (Fsp3) is 0.250. The molecule has 2 rings (SSSR count). The lowest BCUT2D eigenvalue weighted by Gasteiger charge is -2.04. The number of anilines is 1. The molecule has 2 aromatic rings. The molecule has 0 unspecified atom stereocenters. The van der Waals surface area contributed by atoms with E-state index in [-0.39, 0.29) is 11.3 Å². The zero-order valence-electron chi connectivity index (χ0n) is 10.4. The smallest absolute Gasteiger partial charge is 0.257 e. The molecule has 0 atom stereocenters. The van der Waals surface area contributed by atoms with Gasteiger partial charge in [-0.15, -0.1) is 10.2 Å². The lowest BCUT2D eigenvalue weighted by atomic mass is 10.2. The molecule has 0 aliphatic carbocycles. The predicted molar refractivity (Wildman–Crippen MR) is 70.2 cm³/mol. The van der Waals surface area contributed by atoms with E-state index in [0.717, 1.165) is 17.5 Å². The van der Waals surface area contributed by atoms with Gasteiger partial charge in [-0.05, 0) is 24.6 Å². The van der Waals surface area contributed by atoms with Gasteiger partial charge in [0.1, 0.15) is 5.01 Å². The van der Waals surface area contributed by atoms with Crippen LogP contribution in [0.5, 0.6) is 5.75 Å². The van der Waals surface area contributed by atoms with Gasteiger partial charge in [-0.1, -0.05) is 18.3 Å². The van der Waals surface area contributed by atoms with Crippen molar-refractivity contribution in [2.24, 2.45) is 0 Å². The number of rotatable bonds is 4. The van der Waals surface area contributed by atoms with Crippen molar-refractivity contribution in [2.75, 3.05) is 12.4 Å². The molecule has 100 valence electrons. The molecule has 1 aromatic carbocycles. The monoisotopic (exact) mass is 281 g/mol. The molecule has 5 nitrogen and oxygen atoms in total. The van der Waals surface area contributed by atoms with Crippen LogP contribution >= 0.6 is 11.3 Å². The highest BCUT2D eigenvalue weighted by atomic mass is 32.1. The molecule has 0 spiro atoms. The largest absolute Gasteiger partial charge is 0.494 e. The van der Waals surface area contributed by atoms with Crippen LogP contribution in [0.1, 0.15) is 22.3 Å². The second-order valence-electron chi connectivity index (χ2n) is 3.66. The van der Waals surface area contributed by atoms with E-state index in [1.165, 1.54) is 30.6 Å². The van der Waals surface area contributed by atoms with E-state index in [9.17, 15) is 9.18 Å². The van der Waals surface area contributed by atoms with Gasteiger partial charge in [-0.2, -0.15) is 0 Å². The minimum atomic E-state index is -0.582. The molecule has 0 fully saturated rings. The van der Waals surface area contributed by atoms with Crippen molar-refractivity contribution in [3.05, 3.63) is 34.6 Å². The molecular weight excluding hydrogens is 269 g/mol. The third-order valence-corrected chi connectivity index (χ3v) is 3.39. The van der Waals surface area contributed by atoms with E-state index >= 15 is 0 Å². The Morgan fingerprint density at radius 3 is 2.84 bits per heavy atom. The fourth-order valence-electron chi connectivity index (χ4n) is 1.42. The van der Waals surface area contributed by atoms with Gasteiger partial charge in [0.05, 0.1) is 7.11 Å². The Balaban J connectivity index is 2.13. The summed E-state index contributed by atoms with van der Waals surface area (Å²) < 4.78 is 18.3. The summed E-state index contributed by atoms with van der Waals surface area (Å²) in [5.41, 5.74) is 0.201. The molecule has 0 aliphatic heterocycles. The summed E-state index contributed by atoms with van der Waals surface area (Å²) in [7, 11) is 1.37. The molecule has 0 aliphatic rings. The number of methoxy groups -OCH3 is 1. The Hall–Kier alpha value is -2.02. The number of hydrogen-bond donors (Lipinski definition) is 1. The maximum Gasteiger partial charge on any atom is 0.257 e. The number of aryl methyl sites for hydroxylation is 1. The quantitative estimate of drug-likeness (QED) is 0.935. The lowest BCUT2D eigenvalue weighted by molar-refractivity contribution is 0.102. The summed E-state index contributed by atoms with van der Waals surface area (Å²) >= 11 is 1.30. The van der Waals surface area contributed by atoms with E-state index in [1.807, 2.05) is 6.92 Å². The van der Waals surface area contributed by atoms with Crippen LogP contribution in [0, 0.1) is 5.82 Å². The SMILES string of the molecule is CCc1nnc(NC(=O)c2ccc(OC)c(F)c2)s1. The Morgan fingerprint density at radius 2 is 2.26 bits per heavy atom. The van der Waals surface area contributed by atoms with Gasteiger partial charge in [0.15, 0.2) is 11.6 Å². The molecule has 1 aromatic heterocycles. The van der Waals surface area contributed by atoms with Crippen LogP contribution in [0.2, 0.25) is 0 Å². The van der Waals surface area contributed by atoms with Gasteiger partial charge in [-0.25, -0.2) is 4.39 Å². The van der Waals surface area contributed by atoms with Crippen LogP contribution in [-0.4, -0.2) is 23.2 Å². The molecule has 0 saturated carbocycles. The van der Waals surface area contributed by atoms with Gasteiger partial charge in [0.25, 0.3) is 5.91 Å². The van der Waals surface area contributed by atoms with Crippen molar-refractivity contribution in [1.82, 2.24) is 10.2 Å². The molecule has 1 N–H and O–H groups in total. The van der Waals surface area contributed by atoms with Gasteiger partial charge >= 0.3 is 0 Å². The van der Waals surface area contributed by atoms with Crippen molar-refractivity contribution in [3.63, 3.8) is 0 Å². The molecule has 1 amide bonds. The van der Waals surface area contributed by atoms with Gasteiger partial charge < -0.3 is 4.74 Å². The third-order valence-electron chi connectivity index (χ3n) is 2.40. The number of nitrogens with zero attached hydrogens (tertiary/aromatic N) is 2. The fourth-order valence-corrected chi connectivity index (χ4v) is 2.10. The number of aromatic nitrogens is 2. The lowest BCUT2D eigenvalue weighted by Crippen LogP contribution is -2.12. The van der Waals surface area contributed by atoms with E-state index in [1.54, 1.807) is 0 Å². The first-order chi connectivity index (χ1) is 9.13. The first kappa shape index (κ1) is 13.4. The number of benzene rings is 1. The third kappa shape index (κ3) is 3.05. The molecule has 19 heavy (non-hydrogen) atoms. The second kappa shape index (κ2) is 5.75. The number of hydrogen-bond acceptors (Lipinski definition) is 5. The summed E-state index contributed by atoms with van der Waals surface area (Å²) in [6.07, 6.45) is 0.755. The second-order valence-corrected chi connectivity index (χ2v) is 4.72. The predicted octanol–water partition coefficient (Wildman–Crippen LogP) is 2.50. The van der Waals surface area contributed by atoms with Crippen LogP contribution in [0.3, 0.4) is 0 Å². The molecule has 0 bridgehead atoms. The zero-order chi connectivity index (χ0) is 13.8. The first-order valence-electron chi connectivity index (χ1n) is 5.61. The van der Waals surface area contributed by atoms with Crippen molar-refractivity contribution in [2.45, 2.75) is 13.3 Å². The van der Waals surface area contributed by atoms with Gasteiger partial charge in [0.2, 0.25) is 5.13 Å². The molecule has 0 saturated heterocycles. The Labute approximate surface area is 113 Å². The molecule has 7 heteroatoms. The van der Waals surface area contributed by atoms with Crippen LogP contribution in [-0.2, 0) is 6.42 Å². The average molecular weight is 281 g/mol. The highest BCUT2D eigenvalue weighted by Crippen LogP contribution is 2.20. The first-order valence-corrected chi connectivity index (χ1v) is 6.43. The van der Waals surface area contributed by atoms with E-state index in [0.29, 0.717) is 5.13 Å². The molecular formula is C12H12FN3O2S. The highest BCUT2D eigenvalue weighted by molar-refractivity contribution is 7.15. The topological polar surface area (TPSA) is 64.1 Å². The van der Waals surface area contributed by atoms with Gasteiger partial charge in [-0.3, -0.25) is 10.1 Å².